The predicted octanol–water partition coefficient (Wildman–Crippen LogP) is 3.89. The molecular formula is C16H15NO2. The lowest BCUT2D eigenvalue weighted by Gasteiger charge is -2.04. The third kappa shape index (κ3) is 3.58. The molecule has 0 spiro atoms. The Kier molecular flexibility index (Phi) is 4.18. The number of carbonyl (C=O) groups excluding carboxylic acids is 1. The number of rotatable bonds is 4. The van der Waals surface area contributed by atoms with Crippen LogP contribution in [0, 0.1) is 11.8 Å². The summed E-state index contributed by atoms with van der Waals surface area (Å²) >= 11 is 0. The van der Waals surface area contributed by atoms with Gasteiger partial charge in [-0.2, -0.15) is 0 Å². The van der Waals surface area contributed by atoms with Gasteiger partial charge in [0.25, 0.3) is 5.91 Å². The zero-order valence-electron chi connectivity index (χ0n) is 10.8. The molecule has 19 heavy (non-hydrogen) atoms. The summed E-state index contributed by atoms with van der Waals surface area (Å²) < 4.78 is 0. The summed E-state index contributed by atoms with van der Waals surface area (Å²) in [5, 5.41) is 2.39. The van der Waals surface area contributed by atoms with Crippen LogP contribution in [0.5, 0.6) is 0 Å². The van der Waals surface area contributed by atoms with Crippen LogP contribution in [0.2, 0.25) is 0 Å². The van der Waals surface area contributed by atoms with Crippen molar-refractivity contribution in [3.63, 3.8) is 0 Å². The summed E-state index contributed by atoms with van der Waals surface area (Å²) in [6.45, 7) is 2.06. The molecule has 0 saturated heterocycles. The summed E-state index contributed by atoms with van der Waals surface area (Å²) in [6.07, 6.45) is 0.728. The van der Waals surface area contributed by atoms with Crippen molar-refractivity contribution in [2.24, 2.45) is 5.18 Å². The van der Waals surface area contributed by atoms with E-state index in [1.54, 1.807) is 0 Å². The van der Waals surface area contributed by atoms with Crippen LogP contribution >= 0.6 is 0 Å². The zero-order valence-corrected chi connectivity index (χ0v) is 10.8. The fourth-order valence-corrected chi connectivity index (χ4v) is 1.91. The lowest BCUT2D eigenvalue weighted by molar-refractivity contribution is -0.117. The van der Waals surface area contributed by atoms with Gasteiger partial charge in [0, 0.05) is 11.6 Å². The van der Waals surface area contributed by atoms with E-state index >= 15 is 0 Å². The van der Waals surface area contributed by atoms with Crippen molar-refractivity contribution in [2.75, 3.05) is 0 Å². The second-order valence-electron chi connectivity index (χ2n) is 4.55. The summed E-state index contributed by atoms with van der Waals surface area (Å²) in [5.41, 5.74) is 4.58. The van der Waals surface area contributed by atoms with Crippen molar-refractivity contribution in [3.8, 4) is 11.1 Å². The van der Waals surface area contributed by atoms with Gasteiger partial charge < -0.3 is 0 Å². The third-order valence-corrected chi connectivity index (χ3v) is 3.07. The van der Waals surface area contributed by atoms with Gasteiger partial charge in [-0.05, 0) is 30.0 Å². The first-order valence-corrected chi connectivity index (χ1v) is 6.21. The van der Waals surface area contributed by atoms with Gasteiger partial charge in [-0.25, -0.2) is 0 Å². The Morgan fingerprint density at radius 1 is 0.947 bits per heavy atom. The molecule has 0 saturated carbocycles. The van der Waals surface area contributed by atoms with Gasteiger partial charge in [0.15, 0.2) is 0 Å². The zero-order chi connectivity index (χ0) is 13.7. The summed E-state index contributed by atoms with van der Waals surface area (Å²) in [4.78, 5) is 20.8. The molecule has 2 aromatic rings. The highest BCUT2D eigenvalue weighted by molar-refractivity contribution is 5.76. The Hall–Kier alpha value is -2.29. The number of carbonyl (C=O) groups is 1. The van der Waals surface area contributed by atoms with Crippen molar-refractivity contribution in [1.29, 1.82) is 0 Å². The van der Waals surface area contributed by atoms with Gasteiger partial charge in [-0.3, -0.25) is 4.79 Å². The van der Waals surface area contributed by atoms with E-state index in [0.717, 1.165) is 11.1 Å². The highest BCUT2D eigenvalue weighted by Crippen LogP contribution is 2.20. The Morgan fingerprint density at radius 3 is 2.00 bits per heavy atom. The van der Waals surface area contributed by atoms with Crippen LogP contribution in [0.3, 0.4) is 0 Å². The molecule has 0 N–H and O–H groups in total. The number of hydrogen-bond donors (Lipinski definition) is 0. The number of hydrogen-bond acceptors (Lipinski definition) is 2. The summed E-state index contributed by atoms with van der Waals surface area (Å²) in [7, 11) is 0. The van der Waals surface area contributed by atoms with Crippen LogP contribution in [-0.2, 0) is 11.2 Å². The van der Waals surface area contributed by atoms with Crippen molar-refractivity contribution >= 4 is 5.91 Å². The normalized spacial score (nSPS) is 10.2. The number of nitrogens with zero attached hydrogens (tertiary/aromatic N) is 1. The second-order valence-corrected chi connectivity index (χ2v) is 4.55. The molecule has 0 aliphatic heterocycles. The van der Waals surface area contributed by atoms with E-state index in [1.165, 1.54) is 11.1 Å². The molecule has 2 rings (SSSR count). The van der Waals surface area contributed by atoms with E-state index < -0.39 is 5.91 Å². The van der Waals surface area contributed by atoms with E-state index in [9.17, 15) is 9.70 Å². The highest BCUT2D eigenvalue weighted by Gasteiger charge is 2.02. The second kappa shape index (κ2) is 6.05. The maximum absolute atomic E-state index is 10.8. The fraction of sp³-hybridized carbons (Fsp3) is 0.188. The molecule has 3 nitrogen and oxygen atoms in total. The molecule has 0 unspecified atom stereocenters. The van der Waals surface area contributed by atoms with Crippen molar-refractivity contribution in [3.05, 3.63) is 64.6 Å². The van der Waals surface area contributed by atoms with E-state index in [-0.39, 0.29) is 6.42 Å². The van der Waals surface area contributed by atoms with Crippen molar-refractivity contribution < 1.29 is 4.79 Å². The number of nitroso groups, excluding NO2 is 1. The molecule has 0 aliphatic carbocycles. The van der Waals surface area contributed by atoms with Gasteiger partial charge in [-0.15, -0.1) is 4.91 Å². The molecule has 0 bridgehead atoms. The molecular weight excluding hydrogens is 238 g/mol. The predicted molar refractivity (Wildman–Crippen MR) is 75.7 cm³/mol. The standard InChI is InChI=1S/C16H15NO2/c1-12-2-7-14(8-3-12)15-9-4-13(5-10-15)6-11-16(18)17-19/h2-5,7-10H,6,11H2,1H3. The van der Waals surface area contributed by atoms with Crippen LogP contribution in [0.1, 0.15) is 17.5 Å². The Balaban J connectivity index is 2.07. The van der Waals surface area contributed by atoms with Crippen molar-refractivity contribution in [1.82, 2.24) is 0 Å². The van der Waals surface area contributed by atoms with Gasteiger partial charge in [0.05, 0.1) is 0 Å². The fourth-order valence-electron chi connectivity index (χ4n) is 1.91. The Morgan fingerprint density at radius 2 is 1.47 bits per heavy atom. The first-order valence-electron chi connectivity index (χ1n) is 6.21. The molecule has 0 aromatic heterocycles. The molecule has 0 radical (unpaired) electrons. The van der Waals surface area contributed by atoms with Crippen molar-refractivity contribution in [2.45, 2.75) is 19.8 Å². The minimum absolute atomic E-state index is 0.174. The number of aryl methyl sites for hydroxylation is 2. The topological polar surface area (TPSA) is 46.5 Å². The molecule has 2 aromatic carbocycles. The Bertz CT molecular complexity index is 571. The maximum atomic E-state index is 10.8. The number of benzene rings is 2. The maximum Gasteiger partial charge on any atom is 0.286 e. The molecule has 0 heterocycles. The average Bonchev–Trinajstić information content (AvgIpc) is 2.46. The summed E-state index contributed by atoms with van der Waals surface area (Å²) in [6, 6.07) is 16.3. The smallest absolute Gasteiger partial charge is 0.269 e. The lowest BCUT2D eigenvalue weighted by Crippen LogP contribution is -1.95. The average molecular weight is 253 g/mol. The SMILES string of the molecule is Cc1ccc(-c2ccc(CCC(=O)N=O)cc2)cc1. The Labute approximate surface area is 112 Å². The van der Waals surface area contributed by atoms with E-state index in [1.807, 2.05) is 24.3 Å². The quantitative estimate of drug-likeness (QED) is 0.776. The van der Waals surface area contributed by atoms with Crippen LogP contribution < -0.4 is 0 Å². The number of amides is 1. The van der Waals surface area contributed by atoms with E-state index in [2.05, 4.69) is 36.4 Å². The van der Waals surface area contributed by atoms with Gasteiger partial charge >= 0.3 is 0 Å². The monoisotopic (exact) mass is 253 g/mol. The first-order chi connectivity index (χ1) is 9.19. The van der Waals surface area contributed by atoms with Gasteiger partial charge in [0.1, 0.15) is 0 Å². The van der Waals surface area contributed by atoms with Crippen LogP contribution in [0.25, 0.3) is 11.1 Å². The minimum Gasteiger partial charge on any atom is -0.269 e. The van der Waals surface area contributed by atoms with Crippen LogP contribution in [0.4, 0.5) is 0 Å². The van der Waals surface area contributed by atoms with Gasteiger partial charge in [0.2, 0.25) is 0 Å². The molecule has 96 valence electrons. The van der Waals surface area contributed by atoms with Crippen LogP contribution in [-0.4, -0.2) is 5.91 Å². The third-order valence-electron chi connectivity index (χ3n) is 3.07. The molecule has 0 aliphatic rings. The van der Waals surface area contributed by atoms with Crippen LogP contribution in [0.15, 0.2) is 53.7 Å². The highest BCUT2D eigenvalue weighted by atomic mass is 16.3. The molecule has 0 fully saturated rings. The molecule has 1 amide bonds. The molecule has 3 heteroatoms. The first kappa shape index (κ1) is 13.1. The minimum atomic E-state index is -0.595. The molecule has 0 atom stereocenters. The summed E-state index contributed by atoms with van der Waals surface area (Å²) in [5.74, 6) is -0.595. The van der Waals surface area contributed by atoms with E-state index in [4.69, 9.17) is 0 Å². The van der Waals surface area contributed by atoms with E-state index in [0.29, 0.717) is 6.42 Å². The largest absolute Gasteiger partial charge is 0.286 e. The lowest BCUT2D eigenvalue weighted by atomic mass is 10.0. The van der Waals surface area contributed by atoms with Gasteiger partial charge in [-0.1, -0.05) is 54.1 Å².